The molecule has 1 N–H and O–H groups in total. The fourth-order valence-electron chi connectivity index (χ4n) is 2.47. The Morgan fingerprint density at radius 1 is 0.846 bits per heavy atom. The van der Waals surface area contributed by atoms with E-state index in [1.54, 1.807) is 0 Å². The van der Waals surface area contributed by atoms with Crippen molar-refractivity contribution in [2.45, 2.75) is 53.1 Å². The van der Waals surface area contributed by atoms with Crippen LogP contribution < -0.4 is 0 Å². The van der Waals surface area contributed by atoms with Crippen molar-refractivity contribution in [1.82, 2.24) is 0 Å². The Hall–Kier alpha value is -0.0400. The quantitative estimate of drug-likeness (QED) is 0.699. The molecule has 0 aromatic carbocycles. The monoisotopic (exact) mass is 184 g/mol. The fraction of sp³-hybridized carbons (Fsp3) is 1.00. The highest BCUT2D eigenvalue weighted by molar-refractivity contribution is 4.81. The summed E-state index contributed by atoms with van der Waals surface area (Å²) >= 11 is 0. The number of aliphatic hydroxyl groups is 1. The van der Waals surface area contributed by atoms with Crippen LogP contribution in [0.25, 0.3) is 0 Å². The minimum Gasteiger partial charge on any atom is -0.393 e. The second kappa shape index (κ2) is 4.45. The lowest BCUT2D eigenvalue weighted by atomic mass is 9.71. The van der Waals surface area contributed by atoms with Crippen molar-refractivity contribution in [3.05, 3.63) is 0 Å². The van der Waals surface area contributed by atoms with Crippen LogP contribution in [0.2, 0.25) is 0 Å². The highest BCUT2D eigenvalue weighted by Gasteiger charge is 2.30. The van der Waals surface area contributed by atoms with E-state index in [9.17, 15) is 5.11 Å². The molecule has 1 aliphatic carbocycles. The molecule has 2 atom stereocenters. The Morgan fingerprint density at radius 3 is 1.54 bits per heavy atom. The molecule has 0 aromatic heterocycles. The minimum absolute atomic E-state index is 0.0338. The first-order valence-corrected chi connectivity index (χ1v) is 5.68. The Balaban J connectivity index is 2.52. The molecule has 0 radical (unpaired) electrons. The molecule has 0 amide bonds. The summed E-state index contributed by atoms with van der Waals surface area (Å²) in [5.41, 5.74) is 0. The van der Waals surface area contributed by atoms with Gasteiger partial charge in [0.1, 0.15) is 0 Å². The summed E-state index contributed by atoms with van der Waals surface area (Å²) in [5.74, 6) is 2.96. The van der Waals surface area contributed by atoms with E-state index in [4.69, 9.17) is 0 Å². The molecular formula is C12H24O. The van der Waals surface area contributed by atoms with E-state index in [0.717, 1.165) is 36.5 Å². The minimum atomic E-state index is -0.0338. The van der Waals surface area contributed by atoms with Crippen LogP contribution >= 0.6 is 0 Å². The predicted octanol–water partition coefficient (Wildman–Crippen LogP) is 3.08. The van der Waals surface area contributed by atoms with Crippen LogP contribution in [0.3, 0.4) is 0 Å². The topological polar surface area (TPSA) is 20.2 Å². The van der Waals surface area contributed by atoms with Gasteiger partial charge in [0.15, 0.2) is 0 Å². The molecule has 0 aromatic rings. The van der Waals surface area contributed by atoms with Crippen LogP contribution in [-0.4, -0.2) is 11.2 Å². The van der Waals surface area contributed by atoms with E-state index in [-0.39, 0.29) is 6.10 Å². The summed E-state index contributed by atoms with van der Waals surface area (Å²) in [5, 5.41) is 9.75. The van der Waals surface area contributed by atoms with Gasteiger partial charge in [-0.1, -0.05) is 27.7 Å². The molecule has 2 unspecified atom stereocenters. The van der Waals surface area contributed by atoms with Gasteiger partial charge in [-0.25, -0.2) is 0 Å². The van der Waals surface area contributed by atoms with Crippen LogP contribution in [-0.2, 0) is 0 Å². The number of aliphatic hydroxyl groups excluding tert-OH is 1. The van der Waals surface area contributed by atoms with Gasteiger partial charge in [-0.15, -0.1) is 0 Å². The third-order valence-electron chi connectivity index (χ3n) is 3.64. The third-order valence-corrected chi connectivity index (χ3v) is 3.64. The molecule has 78 valence electrons. The zero-order chi connectivity index (χ0) is 10.0. The summed E-state index contributed by atoms with van der Waals surface area (Å²) in [7, 11) is 0. The maximum atomic E-state index is 9.75. The average Bonchev–Trinajstić information content (AvgIpc) is 2.03. The second-order valence-electron chi connectivity index (χ2n) is 5.37. The van der Waals surface area contributed by atoms with Crippen LogP contribution in [0, 0.1) is 23.7 Å². The van der Waals surface area contributed by atoms with Crippen molar-refractivity contribution in [3.63, 3.8) is 0 Å². The highest BCUT2D eigenvalue weighted by atomic mass is 16.3. The van der Waals surface area contributed by atoms with Gasteiger partial charge >= 0.3 is 0 Å². The van der Waals surface area contributed by atoms with Crippen molar-refractivity contribution < 1.29 is 5.11 Å². The number of hydrogen-bond donors (Lipinski definition) is 1. The van der Waals surface area contributed by atoms with Gasteiger partial charge in [0.05, 0.1) is 6.10 Å². The molecular weight excluding hydrogens is 160 g/mol. The van der Waals surface area contributed by atoms with E-state index >= 15 is 0 Å². The van der Waals surface area contributed by atoms with Crippen LogP contribution in [0.5, 0.6) is 0 Å². The predicted molar refractivity (Wildman–Crippen MR) is 56.5 cm³/mol. The molecule has 1 fully saturated rings. The Kier molecular flexibility index (Phi) is 3.78. The first kappa shape index (κ1) is 11.0. The molecule has 0 spiro atoms. The number of hydrogen-bond acceptors (Lipinski definition) is 1. The number of rotatable bonds is 2. The van der Waals surface area contributed by atoms with Crippen molar-refractivity contribution >= 4 is 0 Å². The molecule has 1 rings (SSSR count). The summed E-state index contributed by atoms with van der Waals surface area (Å²) in [6, 6.07) is 0. The standard InChI is InChI=1S/C12H24O/c1-8(2)10-5-11(9(3)4)7-12(13)6-10/h8-13H,5-7H2,1-4H3. The van der Waals surface area contributed by atoms with Crippen molar-refractivity contribution in [2.75, 3.05) is 0 Å². The maximum Gasteiger partial charge on any atom is 0.0545 e. The molecule has 13 heavy (non-hydrogen) atoms. The Bertz CT molecular complexity index is 135. The summed E-state index contributed by atoms with van der Waals surface area (Å²) in [6.07, 6.45) is 3.35. The van der Waals surface area contributed by atoms with Crippen LogP contribution in [0.15, 0.2) is 0 Å². The lowest BCUT2D eigenvalue weighted by molar-refractivity contribution is 0.0404. The smallest absolute Gasteiger partial charge is 0.0545 e. The molecule has 1 aliphatic rings. The molecule has 1 nitrogen and oxygen atoms in total. The molecule has 1 heteroatoms. The second-order valence-corrected chi connectivity index (χ2v) is 5.37. The van der Waals surface area contributed by atoms with Crippen molar-refractivity contribution in [2.24, 2.45) is 23.7 Å². The lowest BCUT2D eigenvalue weighted by Gasteiger charge is -2.36. The normalized spacial score (nSPS) is 35.8. The fourth-order valence-corrected chi connectivity index (χ4v) is 2.47. The van der Waals surface area contributed by atoms with E-state index < -0.39 is 0 Å². The highest BCUT2D eigenvalue weighted by Crippen LogP contribution is 2.37. The van der Waals surface area contributed by atoms with Gasteiger partial charge < -0.3 is 5.11 Å². The van der Waals surface area contributed by atoms with Crippen LogP contribution in [0.1, 0.15) is 47.0 Å². The molecule has 0 heterocycles. The van der Waals surface area contributed by atoms with Gasteiger partial charge in [-0.3, -0.25) is 0 Å². The largest absolute Gasteiger partial charge is 0.393 e. The first-order valence-electron chi connectivity index (χ1n) is 5.68. The summed E-state index contributed by atoms with van der Waals surface area (Å²) < 4.78 is 0. The van der Waals surface area contributed by atoms with E-state index in [1.165, 1.54) is 6.42 Å². The summed E-state index contributed by atoms with van der Waals surface area (Å²) in [6.45, 7) is 9.11. The SMILES string of the molecule is CC(C)C1CC(O)CC(C(C)C)C1. The zero-order valence-corrected chi connectivity index (χ0v) is 9.46. The average molecular weight is 184 g/mol. The van der Waals surface area contributed by atoms with Gasteiger partial charge in [0.2, 0.25) is 0 Å². The molecule has 1 saturated carbocycles. The van der Waals surface area contributed by atoms with E-state index in [1.807, 2.05) is 0 Å². The lowest BCUT2D eigenvalue weighted by Crippen LogP contribution is -2.31. The Morgan fingerprint density at radius 2 is 1.23 bits per heavy atom. The van der Waals surface area contributed by atoms with Gasteiger partial charge in [0, 0.05) is 0 Å². The van der Waals surface area contributed by atoms with Crippen molar-refractivity contribution in [1.29, 1.82) is 0 Å². The van der Waals surface area contributed by atoms with E-state index in [2.05, 4.69) is 27.7 Å². The third kappa shape index (κ3) is 2.98. The van der Waals surface area contributed by atoms with Crippen LogP contribution in [0.4, 0.5) is 0 Å². The van der Waals surface area contributed by atoms with E-state index in [0.29, 0.717) is 0 Å². The van der Waals surface area contributed by atoms with Gasteiger partial charge in [-0.05, 0) is 42.9 Å². The molecule has 0 saturated heterocycles. The van der Waals surface area contributed by atoms with Crippen molar-refractivity contribution in [3.8, 4) is 0 Å². The maximum absolute atomic E-state index is 9.75. The Labute approximate surface area is 82.5 Å². The van der Waals surface area contributed by atoms with Gasteiger partial charge in [0.25, 0.3) is 0 Å². The first-order chi connectivity index (χ1) is 6.00. The summed E-state index contributed by atoms with van der Waals surface area (Å²) in [4.78, 5) is 0. The van der Waals surface area contributed by atoms with Gasteiger partial charge in [-0.2, -0.15) is 0 Å². The molecule has 0 bridgehead atoms. The molecule has 0 aliphatic heterocycles. The zero-order valence-electron chi connectivity index (χ0n) is 9.46.